The molecule has 3 nitrogen and oxygen atoms in total. The Bertz CT molecular complexity index is 390. The number of ether oxygens (including phenoxy) is 1. The Morgan fingerprint density at radius 3 is 2.88 bits per heavy atom. The molecule has 1 aromatic carbocycles. The van der Waals surface area contributed by atoms with Gasteiger partial charge in [-0.2, -0.15) is 0 Å². The topological polar surface area (TPSA) is 38.3 Å². The minimum absolute atomic E-state index is 0.233. The predicted molar refractivity (Wildman–Crippen MR) is 73.0 cm³/mol. The van der Waals surface area contributed by atoms with Crippen molar-refractivity contribution in [3.05, 3.63) is 33.1 Å². The van der Waals surface area contributed by atoms with E-state index in [-0.39, 0.29) is 11.7 Å². The van der Waals surface area contributed by atoms with Crippen LogP contribution in [0.25, 0.3) is 0 Å². The summed E-state index contributed by atoms with van der Waals surface area (Å²) in [6.45, 7) is 1.28. The smallest absolute Gasteiger partial charge is 0.252 e. The van der Waals surface area contributed by atoms with Gasteiger partial charge in [-0.05, 0) is 40.8 Å². The molecule has 0 saturated carbocycles. The Labute approximate surface area is 118 Å². The van der Waals surface area contributed by atoms with Crippen LogP contribution in [0.15, 0.2) is 18.2 Å². The zero-order valence-electron chi connectivity index (χ0n) is 9.01. The van der Waals surface area contributed by atoms with Gasteiger partial charge in [0.05, 0.1) is 18.8 Å². The van der Waals surface area contributed by atoms with Crippen molar-refractivity contribution in [2.24, 2.45) is 0 Å². The molecule has 1 amide bonds. The largest absolute Gasteiger partial charge is 0.378 e. The lowest BCUT2D eigenvalue weighted by Gasteiger charge is -2.07. The molecule has 0 saturated heterocycles. The van der Waals surface area contributed by atoms with E-state index >= 15 is 0 Å². The third-order valence-electron chi connectivity index (χ3n) is 1.93. The molecule has 17 heavy (non-hydrogen) atoms. The van der Waals surface area contributed by atoms with Crippen LogP contribution in [0.2, 0.25) is 0 Å². The van der Waals surface area contributed by atoms with Gasteiger partial charge in [0.15, 0.2) is 0 Å². The average Bonchev–Trinajstić information content (AvgIpc) is 2.28. The number of carbonyl (C=O) groups excluding carboxylic acids is 1. The highest BCUT2D eigenvalue weighted by Gasteiger charge is 2.09. The van der Waals surface area contributed by atoms with Crippen molar-refractivity contribution in [1.82, 2.24) is 5.32 Å². The van der Waals surface area contributed by atoms with Crippen LogP contribution in [0.4, 0.5) is 4.39 Å². The summed E-state index contributed by atoms with van der Waals surface area (Å²) in [5.41, 5.74) is 0.462. The van der Waals surface area contributed by atoms with Gasteiger partial charge in [-0.25, -0.2) is 4.39 Å². The van der Waals surface area contributed by atoms with Crippen molar-refractivity contribution in [3.8, 4) is 0 Å². The second-order valence-corrected chi connectivity index (χ2v) is 4.72. The van der Waals surface area contributed by atoms with Gasteiger partial charge in [0.25, 0.3) is 5.91 Å². The highest BCUT2D eigenvalue weighted by Crippen LogP contribution is 2.13. The number of nitrogens with one attached hydrogen (secondary N) is 1. The fourth-order valence-corrected chi connectivity index (χ4v) is 1.99. The Balaban J connectivity index is 2.42. The molecule has 94 valence electrons. The van der Waals surface area contributed by atoms with Gasteiger partial charge in [0.1, 0.15) is 5.82 Å². The third kappa shape index (κ3) is 5.18. The van der Waals surface area contributed by atoms with E-state index in [1.807, 2.05) is 22.6 Å². The normalized spacial score (nSPS) is 10.3. The maximum absolute atomic E-state index is 12.8. The second-order valence-electron chi connectivity index (χ2n) is 3.18. The SMILES string of the molecule is O=C(NCCOCCCl)c1ccc(F)cc1I. The molecule has 0 aromatic heterocycles. The molecule has 1 N–H and O–H groups in total. The molecule has 0 fully saturated rings. The standard InChI is InChI=1S/C11H12ClFINO2/c12-3-5-17-6-4-15-11(16)9-2-1-8(13)7-10(9)14/h1-2,7H,3-6H2,(H,15,16). The first-order valence-electron chi connectivity index (χ1n) is 5.02. The first kappa shape index (κ1) is 14.7. The van der Waals surface area contributed by atoms with E-state index in [0.29, 0.717) is 34.8 Å². The van der Waals surface area contributed by atoms with Crippen LogP contribution in [0, 0.1) is 9.39 Å². The van der Waals surface area contributed by atoms with E-state index in [4.69, 9.17) is 16.3 Å². The van der Waals surface area contributed by atoms with Crippen LogP contribution < -0.4 is 5.32 Å². The molecule has 0 bridgehead atoms. The molecular weight excluding hydrogens is 359 g/mol. The second kappa shape index (κ2) is 7.84. The Hall–Kier alpha value is -0.400. The van der Waals surface area contributed by atoms with E-state index in [1.165, 1.54) is 18.2 Å². The Morgan fingerprint density at radius 1 is 1.47 bits per heavy atom. The van der Waals surface area contributed by atoms with Crippen molar-refractivity contribution in [2.45, 2.75) is 0 Å². The molecule has 0 spiro atoms. The fraction of sp³-hybridized carbons (Fsp3) is 0.364. The fourth-order valence-electron chi connectivity index (χ4n) is 1.16. The summed E-state index contributed by atoms with van der Waals surface area (Å²) in [7, 11) is 0. The quantitative estimate of drug-likeness (QED) is 0.474. The van der Waals surface area contributed by atoms with Crippen molar-refractivity contribution >= 4 is 40.1 Å². The van der Waals surface area contributed by atoms with E-state index in [2.05, 4.69) is 5.32 Å². The van der Waals surface area contributed by atoms with Crippen LogP contribution in [-0.4, -0.2) is 31.5 Å². The zero-order chi connectivity index (χ0) is 12.7. The number of rotatable bonds is 6. The number of halogens is 3. The van der Waals surface area contributed by atoms with Crippen LogP contribution in [0.5, 0.6) is 0 Å². The number of amides is 1. The van der Waals surface area contributed by atoms with Crippen molar-refractivity contribution in [1.29, 1.82) is 0 Å². The Morgan fingerprint density at radius 2 is 2.24 bits per heavy atom. The monoisotopic (exact) mass is 371 g/mol. The average molecular weight is 372 g/mol. The summed E-state index contributed by atoms with van der Waals surface area (Å²) in [5.74, 6) is -0.149. The molecule has 0 aliphatic rings. The highest BCUT2D eigenvalue weighted by atomic mass is 127. The molecule has 0 radical (unpaired) electrons. The molecule has 1 rings (SSSR count). The first-order chi connectivity index (χ1) is 8.15. The molecule has 0 unspecified atom stereocenters. The van der Waals surface area contributed by atoms with Gasteiger partial charge in [0, 0.05) is 16.0 Å². The lowest BCUT2D eigenvalue weighted by Crippen LogP contribution is -2.28. The molecule has 6 heteroatoms. The lowest BCUT2D eigenvalue weighted by atomic mass is 10.2. The summed E-state index contributed by atoms with van der Waals surface area (Å²) in [4.78, 5) is 11.7. The summed E-state index contributed by atoms with van der Waals surface area (Å²) in [6.07, 6.45) is 0. The van der Waals surface area contributed by atoms with Crippen molar-refractivity contribution in [3.63, 3.8) is 0 Å². The molecule has 0 aliphatic heterocycles. The van der Waals surface area contributed by atoms with Crippen LogP contribution >= 0.6 is 34.2 Å². The molecule has 0 heterocycles. The van der Waals surface area contributed by atoms with Gasteiger partial charge < -0.3 is 10.1 Å². The van der Waals surface area contributed by atoms with Crippen molar-refractivity contribution < 1.29 is 13.9 Å². The maximum atomic E-state index is 12.8. The van der Waals surface area contributed by atoms with Gasteiger partial charge >= 0.3 is 0 Å². The number of hydrogen-bond acceptors (Lipinski definition) is 2. The van der Waals surface area contributed by atoms with Gasteiger partial charge in [-0.1, -0.05) is 0 Å². The molecule has 0 aliphatic carbocycles. The lowest BCUT2D eigenvalue weighted by molar-refractivity contribution is 0.0922. The predicted octanol–water partition coefficient (Wildman–Crippen LogP) is 2.42. The summed E-state index contributed by atoms with van der Waals surface area (Å²) < 4.78 is 18.5. The summed E-state index contributed by atoms with van der Waals surface area (Å²) >= 11 is 7.35. The minimum atomic E-state index is -0.351. The van der Waals surface area contributed by atoms with Gasteiger partial charge in [-0.15, -0.1) is 11.6 Å². The number of benzene rings is 1. The van der Waals surface area contributed by atoms with E-state index < -0.39 is 0 Å². The molecular formula is C11H12ClFINO2. The minimum Gasteiger partial charge on any atom is -0.378 e. The summed E-state index contributed by atoms with van der Waals surface area (Å²) in [6, 6.07) is 4.05. The zero-order valence-corrected chi connectivity index (χ0v) is 11.9. The van der Waals surface area contributed by atoms with E-state index in [1.54, 1.807) is 0 Å². The third-order valence-corrected chi connectivity index (χ3v) is 2.98. The van der Waals surface area contributed by atoms with Crippen LogP contribution in [0.1, 0.15) is 10.4 Å². The Kier molecular flexibility index (Phi) is 6.76. The van der Waals surface area contributed by atoms with Crippen LogP contribution in [0.3, 0.4) is 0 Å². The summed E-state index contributed by atoms with van der Waals surface area (Å²) in [5, 5.41) is 2.68. The number of alkyl halides is 1. The maximum Gasteiger partial charge on any atom is 0.252 e. The van der Waals surface area contributed by atoms with Gasteiger partial charge in [0.2, 0.25) is 0 Å². The van der Waals surface area contributed by atoms with Crippen LogP contribution in [-0.2, 0) is 4.74 Å². The van der Waals surface area contributed by atoms with E-state index in [9.17, 15) is 9.18 Å². The number of hydrogen-bond donors (Lipinski definition) is 1. The van der Waals surface area contributed by atoms with E-state index in [0.717, 1.165) is 0 Å². The molecule has 1 aromatic rings. The first-order valence-corrected chi connectivity index (χ1v) is 6.63. The number of carbonyl (C=O) groups is 1. The van der Waals surface area contributed by atoms with Gasteiger partial charge in [-0.3, -0.25) is 4.79 Å². The highest BCUT2D eigenvalue weighted by molar-refractivity contribution is 14.1. The van der Waals surface area contributed by atoms with Crippen molar-refractivity contribution in [2.75, 3.05) is 25.6 Å². The molecule has 0 atom stereocenters.